The Hall–Kier alpha value is -1.63. The van der Waals surface area contributed by atoms with E-state index in [0.29, 0.717) is 11.3 Å². The number of aromatic hydroxyl groups is 3. The summed E-state index contributed by atoms with van der Waals surface area (Å²) in [5.74, 6) is 0.556. The third-order valence-electron chi connectivity index (χ3n) is 3.09. The van der Waals surface area contributed by atoms with Crippen LogP contribution in [0.4, 0.5) is 0 Å². The zero-order valence-corrected chi connectivity index (χ0v) is 14.0. The van der Waals surface area contributed by atoms with Gasteiger partial charge in [0.25, 0.3) is 0 Å². The number of benzene rings is 2. The van der Waals surface area contributed by atoms with Crippen molar-refractivity contribution >= 4 is 22.6 Å². The van der Waals surface area contributed by atoms with Crippen LogP contribution in [0, 0.1) is 0 Å². The summed E-state index contributed by atoms with van der Waals surface area (Å²) < 4.78 is 5.44. The van der Waals surface area contributed by atoms with Gasteiger partial charge in [-0.2, -0.15) is 0 Å². The van der Waals surface area contributed by atoms with Crippen molar-refractivity contribution in [2.75, 3.05) is 0 Å². The highest BCUT2D eigenvalue weighted by molar-refractivity contribution is 14.1. The minimum atomic E-state index is -0.147. The first-order valence-electron chi connectivity index (χ1n) is 6.43. The average molecular weight is 400 g/mol. The van der Waals surface area contributed by atoms with E-state index in [1.807, 2.05) is 19.9 Å². The molecule has 0 saturated heterocycles. The molecule has 0 radical (unpaired) electrons. The van der Waals surface area contributed by atoms with Gasteiger partial charge in [-0.15, -0.1) is 0 Å². The fourth-order valence-electron chi connectivity index (χ4n) is 1.88. The lowest BCUT2D eigenvalue weighted by molar-refractivity contribution is 0.289. The zero-order chi connectivity index (χ0) is 15.6. The van der Waals surface area contributed by atoms with Crippen molar-refractivity contribution in [2.45, 2.75) is 23.9 Å². The summed E-state index contributed by atoms with van der Waals surface area (Å²) >= 11 is 2.28. The molecule has 5 heteroatoms. The van der Waals surface area contributed by atoms with Crippen molar-refractivity contribution < 1.29 is 20.1 Å². The molecule has 0 aromatic heterocycles. The maximum Gasteiger partial charge on any atom is 0.125 e. The van der Waals surface area contributed by atoms with Crippen molar-refractivity contribution in [3.8, 4) is 23.0 Å². The van der Waals surface area contributed by atoms with E-state index in [1.165, 1.54) is 18.2 Å². The molecule has 0 bridgehead atoms. The van der Waals surface area contributed by atoms with Crippen molar-refractivity contribution in [1.29, 1.82) is 0 Å². The van der Waals surface area contributed by atoms with Crippen LogP contribution in [0.3, 0.4) is 0 Å². The van der Waals surface area contributed by atoms with Gasteiger partial charge in [0.1, 0.15) is 29.6 Å². The van der Waals surface area contributed by atoms with Crippen molar-refractivity contribution in [2.24, 2.45) is 0 Å². The SMILES string of the molecule is CC(C)(I)c1cc(O)cc(OCc2c(O)cccc2O)c1. The highest BCUT2D eigenvalue weighted by Crippen LogP contribution is 2.36. The van der Waals surface area contributed by atoms with Crippen LogP contribution in [0.2, 0.25) is 0 Å². The van der Waals surface area contributed by atoms with Crippen LogP contribution in [0.25, 0.3) is 0 Å². The number of hydrogen-bond donors (Lipinski definition) is 3. The van der Waals surface area contributed by atoms with E-state index in [-0.39, 0.29) is 27.3 Å². The summed E-state index contributed by atoms with van der Waals surface area (Å²) in [5, 5.41) is 29.2. The number of ether oxygens (including phenoxy) is 1. The molecule has 0 heterocycles. The van der Waals surface area contributed by atoms with Crippen LogP contribution in [-0.2, 0) is 10.0 Å². The maximum absolute atomic E-state index is 9.78. The number of halogens is 1. The molecule has 0 unspecified atom stereocenters. The van der Waals surface area contributed by atoms with Gasteiger partial charge in [-0.05, 0) is 43.7 Å². The van der Waals surface area contributed by atoms with Crippen molar-refractivity contribution in [3.05, 3.63) is 47.5 Å². The fraction of sp³-hybridized carbons (Fsp3) is 0.250. The third kappa shape index (κ3) is 3.93. The minimum absolute atomic E-state index is 0.0169. The van der Waals surface area contributed by atoms with Crippen molar-refractivity contribution in [3.63, 3.8) is 0 Å². The van der Waals surface area contributed by atoms with Crippen LogP contribution in [-0.4, -0.2) is 15.3 Å². The second kappa shape index (κ2) is 6.01. The van der Waals surface area contributed by atoms with Gasteiger partial charge in [-0.1, -0.05) is 28.7 Å². The molecule has 21 heavy (non-hydrogen) atoms. The first-order chi connectivity index (χ1) is 9.77. The molecule has 0 aliphatic carbocycles. The van der Waals surface area contributed by atoms with Gasteiger partial charge >= 0.3 is 0 Å². The molecule has 0 atom stereocenters. The Kier molecular flexibility index (Phi) is 4.51. The van der Waals surface area contributed by atoms with E-state index in [2.05, 4.69) is 22.6 Å². The molecule has 0 aliphatic rings. The van der Waals surface area contributed by atoms with E-state index in [4.69, 9.17) is 4.74 Å². The predicted octanol–water partition coefficient (Wildman–Crippen LogP) is 4.05. The largest absolute Gasteiger partial charge is 0.508 e. The smallest absolute Gasteiger partial charge is 0.125 e. The summed E-state index contributed by atoms with van der Waals surface area (Å²) in [6.45, 7) is 4.07. The summed E-state index contributed by atoms with van der Waals surface area (Å²) in [6, 6.07) is 9.56. The molecule has 0 saturated carbocycles. The molecule has 0 aliphatic heterocycles. The molecule has 2 aromatic rings. The van der Waals surface area contributed by atoms with Crippen LogP contribution < -0.4 is 4.74 Å². The Morgan fingerprint density at radius 1 is 1.05 bits per heavy atom. The molecule has 4 nitrogen and oxygen atoms in total. The number of phenols is 3. The van der Waals surface area contributed by atoms with Crippen LogP contribution >= 0.6 is 22.6 Å². The van der Waals surface area contributed by atoms with E-state index < -0.39 is 0 Å². The van der Waals surface area contributed by atoms with Gasteiger partial charge in [-0.25, -0.2) is 0 Å². The molecule has 0 amide bonds. The Balaban J connectivity index is 2.23. The minimum Gasteiger partial charge on any atom is -0.508 e. The van der Waals surface area contributed by atoms with Crippen LogP contribution in [0.1, 0.15) is 25.0 Å². The maximum atomic E-state index is 9.78. The Morgan fingerprint density at radius 2 is 1.67 bits per heavy atom. The zero-order valence-electron chi connectivity index (χ0n) is 11.8. The Bertz CT molecular complexity index is 627. The molecule has 3 N–H and O–H groups in total. The number of hydrogen-bond acceptors (Lipinski definition) is 4. The van der Waals surface area contributed by atoms with Gasteiger partial charge in [-0.3, -0.25) is 0 Å². The highest BCUT2D eigenvalue weighted by Gasteiger charge is 2.18. The lowest BCUT2D eigenvalue weighted by Gasteiger charge is -2.18. The van der Waals surface area contributed by atoms with Crippen LogP contribution in [0.5, 0.6) is 23.0 Å². The fourth-order valence-corrected chi connectivity index (χ4v) is 2.19. The first-order valence-corrected chi connectivity index (χ1v) is 7.51. The average Bonchev–Trinajstić information content (AvgIpc) is 2.36. The molecule has 2 rings (SSSR count). The topological polar surface area (TPSA) is 69.9 Å². The van der Waals surface area contributed by atoms with Crippen molar-refractivity contribution in [1.82, 2.24) is 0 Å². The monoisotopic (exact) mass is 400 g/mol. The number of phenolic OH excluding ortho intramolecular Hbond substituents is 3. The summed E-state index contributed by atoms with van der Waals surface area (Å²) in [4.78, 5) is 0. The van der Waals surface area contributed by atoms with E-state index in [9.17, 15) is 15.3 Å². The standard InChI is InChI=1S/C16H17IO4/c1-16(2,17)10-6-11(18)8-12(7-10)21-9-13-14(19)4-3-5-15(13)20/h3-8,18-20H,9H2,1-2H3. The molecule has 2 aromatic carbocycles. The summed E-state index contributed by atoms with van der Waals surface area (Å²) in [6.07, 6.45) is 0. The molecule has 112 valence electrons. The predicted molar refractivity (Wildman–Crippen MR) is 89.3 cm³/mol. The normalized spacial score (nSPS) is 11.4. The molecular formula is C16H17IO4. The first kappa shape index (κ1) is 15.8. The van der Waals surface area contributed by atoms with Gasteiger partial charge in [0.15, 0.2) is 0 Å². The number of alkyl halides is 1. The van der Waals surface area contributed by atoms with E-state index in [0.717, 1.165) is 5.56 Å². The van der Waals surface area contributed by atoms with Crippen LogP contribution in [0.15, 0.2) is 36.4 Å². The lowest BCUT2D eigenvalue weighted by atomic mass is 10.0. The lowest BCUT2D eigenvalue weighted by Crippen LogP contribution is -2.06. The third-order valence-corrected chi connectivity index (χ3v) is 3.71. The molecular weight excluding hydrogens is 383 g/mol. The second-order valence-corrected chi connectivity index (χ2v) is 7.95. The summed E-state index contributed by atoms with van der Waals surface area (Å²) in [7, 11) is 0. The van der Waals surface area contributed by atoms with Gasteiger partial charge in [0, 0.05) is 9.49 Å². The molecule has 0 spiro atoms. The quantitative estimate of drug-likeness (QED) is 0.535. The second-order valence-electron chi connectivity index (χ2n) is 5.25. The van der Waals surface area contributed by atoms with E-state index in [1.54, 1.807) is 12.1 Å². The Labute approximate surface area is 137 Å². The van der Waals surface area contributed by atoms with Gasteiger partial charge in [0.2, 0.25) is 0 Å². The van der Waals surface area contributed by atoms with E-state index >= 15 is 0 Å². The van der Waals surface area contributed by atoms with Gasteiger partial charge < -0.3 is 20.1 Å². The summed E-state index contributed by atoms with van der Waals surface area (Å²) in [5.41, 5.74) is 1.25. The Morgan fingerprint density at radius 3 is 2.24 bits per heavy atom. The van der Waals surface area contributed by atoms with Gasteiger partial charge in [0.05, 0.1) is 5.56 Å². The molecule has 0 fully saturated rings. The highest BCUT2D eigenvalue weighted by atomic mass is 127. The number of rotatable bonds is 4.